The number of rotatable bonds is 1. The minimum Gasteiger partial charge on any atom is -0.455 e. The number of aromatic nitrogens is 1. The van der Waals surface area contributed by atoms with Crippen LogP contribution in [0.5, 0.6) is 0 Å². The molecule has 0 saturated carbocycles. The van der Waals surface area contributed by atoms with E-state index < -0.39 is 35.5 Å². The minimum absolute atomic E-state index is 0.0362. The van der Waals surface area contributed by atoms with Crippen LogP contribution in [-0.2, 0) is 28.7 Å². The van der Waals surface area contributed by atoms with E-state index in [0.29, 0.717) is 25.1 Å². The fourth-order valence-corrected chi connectivity index (χ4v) is 5.49. The van der Waals surface area contributed by atoms with Crippen LogP contribution in [0.1, 0.15) is 64.3 Å². The Labute approximate surface area is 239 Å². The van der Waals surface area contributed by atoms with E-state index >= 15 is 0 Å². The van der Waals surface area contributed by atoms with Crippen LogP contribution < -0.4 is 10.7 Å². The van der Waals surface area contributed by atoms with E-state index in [0.717, 1.165) is 16.5 Å². The Morgan fingerprint density at radius 2 is 1.83 bits per heavy atom. The summed E-state index contributed by atoms with van der Waals surface area (Å²) in [5.74, 6) is -1.98. The molecule has 2 N–H and O–H groups in total. The second kappa shape index (κ2) is 11.7. The zero-order valence-electron chi connectivity index (χ0n) is 24.0. The Balaban J connectivity index is 1.50. The lowest BCUT2D eigenvalue weighted by Crippen LogP contribution is -2.60. The molecule has 0 radical (unpaired) electrons. The Morgan fingerprint density at radius 1 is 1.07 bits per heavy atom. The number of carbonyl (C=O) groups excluding carboxylic acids is 4. The van der Waals surface area contributed by atoms with Gasteiger partial charge in [-0.25, -0.2) is 10.4 Å². The van der Waals surface area contributed by atoms with Crippen LogP contribution in [-0.4, -0.2) is 65.4 Å². The van der Waals surface area contributed by atoms with Crippen molar-refractivity contribution in [3.05, 3.63) is 47.7 Å². The maximum atomic E-state index is 13.6. The van der Waals surface area contributed by atoms with E-state index in [1.165, 1.54) is 5.01 Å². The van der Waals surface area contributed by atoms with Crippen LogP contribution >= 0.6 is 0 Å². The van der Waals surface area contributed by atoms with Gasteiger partial charge in [-0.3, -0.25) is 24.2 Å². The lowest BCUT2D eigenvalue weighted by atomic mass is 9.75. The molecule has 1 aromatic heterocycles. The van der Waals surface area contributed by atoms with Gasteiger partial charge in [0.05, 0.1) is 29.8 Å². The standard InChI is InChI=1S/C31H38N4O6/c1-18(2)23-15-27(36)31(16-40-17-31)12-11-21-7-8-22-9-10-24(33-26(22)14-21)20(4)41-30(39)25-6-5-13-35(34-25)29(38)19(3)32-28(23)37/h7-12,14,18-20,23,25,34H,5-6,13,15-17H2,1-4H3,(H,32,37)/b12-11+/t19-,20+,23-,25-/m0/s1. The second-order valence-electron chi connectivity index (χ2n) is 11.8. The summed E-state index contributed by atoms with van der Waals surface area (Å²) in [4.78, 5) is 58.0. The number of nitrogens with zero attached hydrogens (tertiary/aromatic N) is 2. The van der Waals surface area contributed by atoms with E-state index in [1.54, 1.807) is 13.8 Å². The highest BCUT2D eigenvalue weighted by atomic mass is 16.5. The van der Waals surface area contributed by atoms with Crippen molar-refractivity contribution in [1.82, 2.24) is 20.7 Å². The molecule has 41 heavy (non-hydrogen) atoms. The number of cyclic esters (lactones) is 1. The van der Waals surface area contributed by atoms with Gasteiger partial charge in [-0.1, -0.05) is 44.2 Å². The van der Waals surface area contributed by atoms with E-state index in [2.05, 4.69) is 10.7 Å². The normalized spacial score (nSPS) is 28.4. The Kier molecular flexibility index (Phi) is 8.24. The molecular weight excluding hydrogens is 524 g/mol. The summed E-state index contributed by atoms with van der Waals surface area (Å²) in [5, 5.41) is 5.12. The van der Waals surface area contributed by atoms with E-state index in [1.807, 2.05) is 56.3 Å². The van der Waals surface area contributed by atoms with E-state index in [9.17, 15) is 19.2 Å². The highest BCUT2D eigenvalue weighted by molar-refractivity contribution is 5.94. The van der Waals surface area contributed by atoms with Gasteiger partial charge in [0.2, 0.25) is 5.91 Å². The molecule has 2 saturated heterocycles. The van der Waals surface area contributed by atoms with Crippen molar-refractivity contribution in [3.63, 3.8) is 0 Å². The Morgan fingerprint density at radius 3 is 2.54 bits per heavy atom. The number of ether oxygens (including phenoxy) is 2. The molecule has 0 unspecified atom stereocenters. The number of amides is 2. The number of Topliss-reactive ketones (excluding diaryl/α,β-unsaturated/α-hetero) is 1. The number of esters is 1. The lowest BCUT2D eigenvalue weighted by molar-refractivity contribution is -0.157. The summed E-state index contributed by atoms with van der Waals surface area (Å²) in [7, 11) is 0. The highest BCUT2D eigenvalue weighted by Crippen LogP contribution is 2.35. The summed E-state index contributed by atoms with van der Waals surface area (Å²) < 4.78 is 11.2. The molecule has 5 rings (SSSR count). The summed E-state index contributed by atoms with van der Waals surface area (Å²) in [6, 6.07) is 8.07. The summed E-state index contributed by atoms with van der Waals surface area (Å²) >= 11 is 0. The van der Waals surface area contributed by atoms with Crippen LogP contribution in [0.3, 0.4) is 0 Å². The van der Waals surface area contributed by atoms with Gasteiger partial charge in [0.1, 0.15) is 24.0 Å². The molecule has 10 heteroatoms. The van der Waals surface area contributed by atoms with Crippen LogP contribution in [0.4, 0.5) is 0 Å². The van der Waals surface area contributed by atoms with Crippen molar-refractivity contribution in [2.24, 2.45) is 17.3 Å². The van der Waals surface area contributed by atoms with E-state index in [4.69, 9.17) is 14.5 Å². The van der Waals surface area contributed by atoms with Crippen LogP contribution in [0.15, 0.2) is 36.4 Å². The van der Waals surface area contributed by atoms with Crippen molar-refractivity contribution < 1.29 is 28.7 Å². The molecule has 0 aliphatic carbocycles. The molecule has 4 atom stereocenters. The molecule has 2 aromatic rings. The van der Waals surface area contributed by atoms with Gasteiger partial charge < -0.3 is 14.8 Å². The molecule has 2 amide bonds. The van der Waals surface area contributed by atoms with Gasteiger partial charge in [0, 0.05) is 24.3 Å². The lowest BCUT2D eigenvalue weighted by Gasteiger charge is -2.38. The van der Waals surface area contributed by atoms with Crippen molar-refractivity contribution >= 4 is 40.5 Å². The molecule has 1 aromatic carbocycles. The van der Waals surface area contributed by atoms with E-state index in [-0.39, 0.29) is 43.2 Å². The Hall–Kier alpha value is -3.63. The largest absolute Gasteiger partial charge is 0.455 e. The fraction of sp³-hybridized carbons (Fsp3) is 0.516. The fourth-order valence-electron chi connectivity index (χ4n) is 5.49. The highest BCUT2D eigenvalue weighted by Gasteiger charge is 2.45. The van der Waals surface area contributed by atoms with Crippen molar-refractivity contribution in [1.29, 1.82) is 0 Å². The first-order valence-electron chi connectivity index (χ1n) is 14.4. The first-order chi connectivity index (χ1) is 19.6. The van der Waals surface area contributed by atoms with Gasteiger partial charge >= 0.3 is 5.97 Å². The number of fused-ring (bicyclic) bond motifs is 4. The first-order valence-corrected chi connectivity index (χ1v) is 14.4. The molecule has 2 fully saturated rings. The van der Waals surface area contributed by atoms with Crippen molar-refractivity contribution in [2.75, 3.05) is 19.8 Å². The number of hydrogen-bond donors (Lipinski definition) is 2. The summed E-state index contributed by atoms with van der Waals surface area (Å²) in [6.45, 7) is 8.07. The first kappa shape index (κ1) is 28.9. The molecular formula is C31H38N4O6. The average Bonchev–Trinajstić information content (AvgIpc) is 2.93. The predicted octanol–water partition coefficient (Wildman–Crippen LogP) is 3.11. The number of hydrogen-bond acceptors (Lipinski definition) is 8. The number of ketones is 1. The summed E-state index contributed by atoms with van der Waals surface area (Å²) in [6.07, 6.45) is 4.31. The number of benzene rings is 1. The topological polar surface area (TPSA) is 127 Å². The van der Waals surface area contributed by atoms with Gasteiger partial charge in [-0.2, -0.15) is 0 Å². The van der Waals surface area contributed by atoms with Crippen molar-refractivity contribution in [3.8, 4) is 0 Å². The summed E-state index contributed by atoms with van der Waals surface area (Å²) in [5.41, 5.74) is 4.39. The average molecular weight is 563 g/mol. The third-order valence-corrected chi connectivity index (χ3v) is 8.33. The maximum Gasteiger partial charge on any atom is 0.325 e. The predicted molar refractivity (Wildman–Crippen MR) is 152 cm³/mol. The monoisotopic (exact) mass is 562 g/mol. The quantitative estimate of drug-likeness (QED) is 0.508. The smallest absolute Gasteiger partial charge is 0.325 e. The van der Waals surface area contributed by atoms with Gasteiger partial charge in [-0.05, 0) is 50.3 Å². The van der Waals surface area contributed by atoms with Crippen LogP contribution in [0, 0.1) is 17.3 Å². The van der Waals surface area contributed by atoms with Crippen molar-refractivity contribution in [2.45, 2.75) is 65.1 Å². The maximum absolute atomic E-state index is 13.6. The molecule has 3 aliphatic rings. The SMILES string of the molecule is CC(C)[C@@H]1CC(=O)C2(/C=C/c3ccc4ccc(nc4c3)[C@@H](C)OC(=O)[C@@H]3CCCN(N3)C(=O)[C@H](C)NC1=O)COC2. The van der Waals surface area contributed by atoms with Crippen LogP contribution in [0.25, 0.3) is 17.0 Å². The molecule has 3 aliphatic heterocycles. The van der Waals surface area contributed by atoms with Gasteiger partial charge in [-0.15, -0.1) is 0 Å². The number of hydrazine groups is 1. The molecule has 1 spiro atoms. The third kappa shape index (κ3) is 6.04. The number of pyridine rings is 1. The number of carbonyl (C=O) groups is 4. The molecule has 10 nitrogen and oxygen atoms in total. The zero-order chi connectivity index (χ0) is 29.3. The molecule has 5 bridgehead atoms. The zero-order valence-corrected chi connectivity index (χ0v) is 24.0. The van der Waals surface area contributed by atoms with Crippen LogP contribution in [0.2, 0.25) is 0 Å². The second-order valence-corrected chi connectivity index (χ2v) is 11.8. The number of nitrogens with one attached hydrogen (secondary N) is 2. The third-order valence-electron chi connectivity index (χ3n) is 8.33. The van der Waals surface area contributed by atoms with Gasteiger partial charge in [0.15, 0.2) is 0 Å². The Bertz CT molecular complexity index is 1380. The minimum atomic E-state index is -0.850. The molecule has 4 heterocycles. The molecule has 218 valence electrons. The van der Waals surface area contributed by atoms with Gasteiger partial charge in [0.25, 0.3) is 5.91 Å².